The molecular weight excluding hydrogens is 378 g/mol. The predicted octanol–water partition coefficient (Wildman–Crippen LogP) is 5.72. The van der Waals surface area contributed by atoms with Crippen molar-refractivity contribution in [2.24, 2.45) is 5.41 Å². The quantitative estimate of drug-likeness (QED) is 0.473. The molecule has 0 aliphatic heterocycles. The van der Waals surface area contributed by atoms with Crippen LogP contribution in [0.1, 0.15) is 65.4 Å². The Labute approximate surface area is 161 Å². The molecule has 0 bridgehead atoms. The lowest BCUT2D eigenvalue weighted by Crippen LogP contribution is -2.33. The fraction of sp³-hybridized carbons (Fsp3) is 0.667. The zero-order valence-electron chi connectivity index (χ0n) is 16.4. The maximum absolute atomic E-state index is 11.9. The van der Waals surface area contributed by atoms with Gasteiger partial charge in [0.2, 0.25) is 0 Å². The summed E-state index contributed by atoms with van der Waals surface area (Å²) in [6.45, 7) is 10.9. The molecule has 1 aromatic carbocycles. The van der Waals surface area contributed by atoms with Crippen molar-refractivity contribution in [2.45, 2.75) is 65.2 Å². The van der Waals surface area contributed by atoms with Crippen molar-refractivity contribution in [2.75, 3.05) is 20.1 Å². The van der Waals surface area contributed by atoms with Gasteiger partial charge in [-0.2, -0.15) is 0 Å². The van der Waals surface area contributed by atoms with Gasteiger partial charge >= 0.3 is 5.97 Å². The first kappa shape index (κ1) is 22.2. The van der Waals surface area contributed by atoms with E-state index < -0.39 is 11.4 Å². The van der Waals surface area contributed by atoms with Gasteiger partial charge in [-0.25, -0.2) is 0 Å². The van der Waals surface area contributed by atoms with Gasteiger partial charge in [0.1, 0.15) is 0 Å². The molecule has 0 saturated heterocycles. The molecule has 1 unspecified atom stereocenters. The zero-order chi connectivity index (χ0) is 19.1. The summed E-state index contributed by atoms with van der Waals surface area (Å²) in [5.74, 6) is -0.743. The molecule has 0 saturated carbocycles. The first-order chi connectivity index (χ1) is 11.6. The van der Waals surface area contributed by atoms with Gasteiger partial charge < -0.3 is 10.0 Å². The average Bonchev–Trinajstić information content (AvgIpc) is 2.50. The smallest absolute Gasteiger partial charge is 0.313 e. The van der Waals surface area contributed by atoms with Crippen LogP contribution in [0.3, 0.4) is 0 Å². The third-order valence-corrected chi connectivity index (χ3v) is 5.51. The molecule has 0 amide bonds. The number of carboxylic acid groups (broad SMARTS) is 1. The van der Waals surface area contributed by atoms with Crippen molar-refractivity contribution < 1.29 is 9.90 Å². The second kappa shape index (κ2) is 9.72. The van der Waals surface area contributed by atoms with Crippen molar-refractivity contribution in [3.8, 4) is 0 Å². The lowest BCUT2D eigenvalue weighted by Gasteiger charge is -2.31. The van der Waals surface area contributed by atoms with Gasteiger partial charge in [0.25, 0.3) is 0 Å². The number of carboxylic acids is 1. The summed E-state index contributed by atoms with van der Waals surface area (Å²) in [5.41, 5.74) is 0.308. The van der Waals surface area contributed by atoms with Gasteiger partial charge in [0.15, 0.2) is 0 Å². The molecular formula is C21H34BrNO2. The minimum absolute atomic E-state index is 0.263. The second-order valence-electron chi connectivity index (χ2n) is 8.26. The van der Waals surface area contributed by atoms with E-state index in [1.54, 1.807) is 0 Å². The Morgan fingerprint density at radius 1 is 1.20 bits per heavy atom. The van der Waals surface area contributed by atoms with Crippen LogP contribution in [0.4, 0.5) is 0 Å². The van der Waals surface area contributed by atoms with Crippen LogP contribution >= 0.6 is 15.9 Å². The molecule has 0 radical (unpaired) electrons. The Balaban J connectivity index is 2.60. The monoisotopic (exact) mass is 411 g/mol. The largest absolute Gasteiger partial charge is 0.481 e. The molecule has 0 heterocycles. The number of hydrogen-bond acceptors (Lipinski definition) is 2. The maximum Gasteiger partial charge on any atom is 0.313 e. The maximum atomic E-state index is 11.9. The number of benzene rings is 1. The molecule has 0 aliphatic carbocycles. The van der Waals surface area contributed by atoms with Crippen LogP contribution in [0.2, 0.25) is 0 Å². The van der Waals surface area contributed by atoms with E-state index in [1.165, 1.54) is 6.42 Å². The predicted molar refractivity (Wildman–Crippen MR) is 109 cm³/mol. The van der Waals surface area contributed by atoms with Gasteiger partial charge in [-0.3, -0.25) is 4.79 Å². The lowest BCUT2D eigenvalue weighted by atomic mass is 9.77. The number of carbonyl (C=O) groups is 1. The van der Waals surface area contributed by atoms with Crippen LogP contribution in [-0.2, 0) is 10.2 Å². The van der Waals surface area contributed by atoms with E-state index in [2.05, 4.69) is 48.6 Å². The first-order valence-corrected chi connectivity index (χ1v) is 10.1. The Kier molecular flexibility index (Phi) is 8.62. The number of nitrogens with zero attached hydrogens (tertiary/aromatic N) is 1. The second-order valence-corrected chi connectivity index (χ2v) is 9.17. The average molecular weight is 412 g/mol. The Bertz CT molecular complexity index is 559. The fourth-order valence-corrected chi connectivity index (χ4v) is 3.96. The van der Waals surface area contributed by atoms with E-state index in [-0.39, 0.29) is 5.41 Å². The third kappa shape index (κ3) is 7.10. The number of aliphatic carboxylic acids is 1. The molecule has 142 valence electrons. The van der Waals surface area contributed by atoms with Crippen LogP contribution in [0, 0.1) is 5.41 Å². The van der Waals surface area contributed by atoms with Crippen LogP contribution in [0.15, 0.2) is 28.7 Å². The van der Waals surface area contributed by atoms with E-state index in [4.69, 9.17) is 0 Å². The van der Waals surface area contributed by atoms with E-state index in [0.717, 1.165) is 42.4 Å². The van der Waals surface area contributed by atoms with Crippen molar-refractivity contribution in [1.29, 1.82) is 0 Å². The summed E-state index contributed by atoms with van der Waals surface area (Å²) in [6, 6.07) is 7.69. The molecule has 1 aromatic rings. The highest BCUT2D eigenvalue weighted by Crippen LogP contribution is 2.33. The van der Waals surface area contributed by atoms with E-state index in [0.29, 0.717) is 6.42 Å². The van der Waals surface area contributed by atoms with E-state index in [1.807, 2.05) is 31.2 Å². The Hall–Kier alpha value is -0.870. The SMILES string of the molecule is CCCN(C)CC(C)(C)CCCCC(C)(C(=O)O)c1cccc(Br)c1. The molecule has 1 atom stereocenters. The van der Waals surface area contributed by atoms with Gasteiger partial charge in [-0.1, -0.05) is 61.7 Å². The first-order valence-electron chi connectivity index (χ1n) is 9.29. The molecule has 25 heavy (non-hydrogen) atoms. The summed E-state index contributed by atoms with van der Waals surface area (Å²) < 4.78 is 0.928. The van der Waals surface area contributed by atoms with Gasteiger partial charge in [-0.15, -0.1) is 0 Å². The topological polar surface area (TPSA) is 40.5 Å². The third-order valence-electron chi connectivity index (χ3n) is 5.02. The Morgan fingerprint density at radius 3 is 2.40 bits per heavy atom. The molecule has 4 heteroatoms. The molecule has 1 N–H and O–H groups in total. The molecule has 0 aromatic heterocycles. The number of rotatable bonds is 11. The van der Waals surface area contributed by atoms with Crippen molar-refractivity contribution in [1.82, 2.24) is 4.90 Å². The summed E-state index contributed by atoms with van der Waals surface area (Å²) in [5, 5.41) is 9.79. The van der Waals surface area contributed by atoms with Crippen LogP contribution in [0.25, 0.3) is 0 Å². The molecule has 0 spiro atoms. The number of hydrogen-bond donors (Lipinski definition) is 1. The lowest BCUT2D eigenvalue weighted by molar-refractivity contribution is -0.143. The summed E-state index contributed by atoms with van der Waals surface area (Å²) in [7, 11) is 2.18. The standard InChI is InChI=1S/C21H34BrNO2/c1-6-14-23(5)16-20(2,3)12-7-8-13-21(4,19(24)25)17-10-9-11-18(22)15-17/h9-11,15H,6-8,12-14,16H2,1-5H3,(H,24,25). The molecule has 0 fully saturated rings. The minimum Gasteiger partial charge on any atom is -0.481 e. The summed E-state index contributed by atoms with van der Waals surface area (Å²) >= 11 is 3.45. The van der Waals surface area contributed by atoms with Crippen molar-refractivity contribution in [3.05, 3.63) is 34.3 Å². The highest BCUT2D eigenvalue weighted by Gasteiger charge is 2.34. The number of unbranched alkanes of at least 4 members (excludes halogenated alkanes) is 1. The number of halogens is 1. The highest BCUT2D eigenvalue weighted by molar-refractivity contribution is 9.10. The van der Waals surface area contributed by atoms with Gasteiger partial charge in [-0.05, 0) is 62.9 Å². The summed E-state index contributed by atoms with van der Waals surface area (Å²) in [4.78, 5) is 14.3. The van der Waals surface area contributed by atoms with Gasteiger partial charge in [0, 0.05) is 11.0 Å². The van der Waals surface area contributed by atoms with E-state index in [9.17, 15) is 9.90 Å². The molecule has 0 aliphatic rings. The minimum atomic E-state index is -0.826. The zero-order valence-corrected chi connectivity index (χ0v) is 18.0. The van der Waals surface area contributed by atoms with Crippen LogP contribution < -0.4 is 0 Å². The normalized spacial score (nSPS) is 14.5. The fourth-order valence-electron chi connectivity index (χ4n) is 3.56. The summed E-state index contributed by atoms with van der Waals surface area (Å²) in [6.07, 6.45) is 4.95. The molecule has 3 nitrogen and oxygen atoms in total. The highest BCUT2D eigenvalue weighted by atomic mass is 79.9. The van der Waals surface area contributed by atoms with Crippen LogP contribution in [-0.4, -0.2) is 36.1 Å². The van der Waals surface area contributed by atoms with Crippen molar-refractivity contribution in [3.63, 3.8) is 0 Å². The Morgan fingerprint density at radius 2 is 1.84 bits per heavy atom. The van der Waals surface area contributed by atoms with Gasteiger partial charge in [0.05, 0.1) is 5.41 Å². The van der Waals surface area contributed by atoms with E-state index >= 15 is 0 Å². The van der Waals surface area contributed by atoms with Crippen molar-refractivity contribution >= 4 is 21.9 Å². The molecule has 1 rings (SSSR count). The van der Waals surface area contributed by atoms with Crippen LogP contribution in [0.5, 0.6) is 0 Å².